The monoisotopic (exact) mass is 326 g/mol. The minimum Gasteiger partial charge on any atom is -0.455 e. The lowest BCUT2D eigenvalue weighted by molar-refractivity contribution is -0.172. The number of carbonyl (C=O) groups is 2. The molecule has 0 amide bonds. The van der Waals surface area contributed by atoms with Crippen molar-refractivity contribution < 1.29 is 23.5 Å². The summed E-state index contributed by atoms with van der Waals surface area (Å²) in [7, 11) is -2.03. The van der Waals surface area contributed by atoms with Crippen LogP contribution in [0.5, 0.6) is 0 Å². The SMILES string of the molecule is C=C1[C@H]2C[C@@](OC(C)=O)(C[C@H]1O[Si](C)(C)C(C)(C)C)C(=O)O2. The fourth-order valence-corrected chi connectivity index (χ4v) is 4.02. The van der Waals surface area contributed by atoms with E-state index in [0.717, 1.165) is 5.57 Å². The maximum absolute atomic E-state index is 12.2. The molecule has 1 saturated heterocycles. The third kappa shape index (κ3) is 2.86. The Morgan fingerprint density at radius 1 is 1.36 bits per heavy atom. The molecule has 0 radical (unpaired) electrons. The van der Waals surface area contributed by atoms with Gasteiger partial charge in [0.1, 0.15) is 6.10 Å². The molecular formula is C16H26O5Si. The minimum absolute atomic E-state index is 0.0449. The van der Waals surface area contributed by atoms with Gasteiger partial charge in [0.15, 0.2) is 8.32 Å². The van der Waals surface area contributed by atoms with Crippen molar-refractivity contribution in [2.75, 3.05) is 0 Å². The van der Waals surface area contributed by atoms with Gasteiger partial charge in [0.05, 0.1) is 6.10 Å². The molecule has 2 rings (SSSR count). The number of carbonyl (C=O) groups excluding carboxylic acids is 2. The third-order valence-electron chi connectivity index (χ3n) is 5.06. The normalized spacial score (nSPS) is 31.9. The molecule has 124 valence electrons. The molecule has 22 heavy (non-hydrogen) atoms. The number of rotatable bonds is 3. The summed E-state index contributed by atoms with van der Waals surface area (Å²) < 4.78 is 17.1. The number of hydrogen-bond acceptors (Lipinski definition) is 5. The maximum Gasteiger partial charge on any atom is 0.351 e. The highest BCUT2D eigenvalue weighted by Gasteiger charge is 2.59. The van der Waals surface area contributed by atoms with E-state index in [4.69, 9.17) is 13.9 Å². The quantitative estimate of drug-likeness (QED) is 0.453. The van der Waals surface area contributed by atoms with E-state index in [1.807, 2.05) is 0 Å². The van der Waals surface area contributed by atoms with E-state index < -0.39 is 32.0 Å². The van der Waals surface area contributed by atoms with Gasteiger partial charge in [-0.2, -0.15) is 0 Å². The highest BCUT2D eigenvalue weighted by Crippen LogP contribution is 2.47. The van der Waals surface area contributed by atoms with Gasteiger partial charge in [-0.05, 0) is 23.7 Å². The molecule has 2 fully saturated rings. The molecule has 1 aliphatic carbocycles. The molecule has 0 aromatic carbocycles. The smallest absolute Gasteiger partial charge is 0.351 e. The van der Waals surface area contributed by atoms with E-state index in [-0.39, 0.29) is 11.1 Å². The molecule has 2 aliphatic rings. The van der Waals surface area contributed by atoms with E-state index in [1.165, 1.54) is 6.92 Å². The molecule has 3 atom stereocenters. The van der Waals surface area contributed by atoms with Crippen LogP contribution in [0.4, 0.5) is 0 Å². The van der Waals surface area contributed by atoms with Gasteiger partial charge in [-0.15, -0.1) is 0 Å². The molecule has 0 N–H and O–H groups in total. The third-order valence-corrected chi connectivity index (χ3v) is 9.55. The van der Waals surface area contributed by atoms with Crippen molar-refractivity contribution in [3.8, 4) is 0 Å². The maximum atomic E-state index is 12.2. The van der Waals surface area contributed by atoms with Crippen molar-refractivity contribution in [3.63, 3.8) is 0 Å². The van der Waals surface area contributed by atoms with Crippen LogP contribution in [-0.2, 0) is 23.5 Å². The molecular weight excluding hydrogens is 300 g/mol. The lowest BCUT2D eigenvalue weighted by Gasteiger charge is -2.43. The summed E-state index contributed by atoms with van der Waals surface area (Å²) in [6.07, 6.45) is -0.0877. The fraction of sp³-hybridized carbons (Fsp3) is 0.750. The number of fused-ring (bicyclic) bond motifs is 2. The topological polar surface area (TPSA) is 61.8 Å². The highest BCUT2D eigenvalue weighted by molar-refractivity contribution is 6.74. The first-order valence-corrected chi connectivity index (χ1v) is 10.6. The molecule has 0 spiro atoms. The lowest BCUT2D eigenvalue weighted by Crippen LogP contribution is -2.51. The summed E-state index contributed by atoms with van der Waals surface area (Å²) in [5.41, 5.74) is -0.427. The Balaban J connectivity index is 2.26. The Morgan fingerprint density at radius 2 is 1.95 bits per heavy atom. The van der Waals surface area contributed by atoms with E-state index in [9.17, 15) is 9.59 Å². The van der Waals surface area contributed by atoms with Gasteiger partial charge >= 0.3 is 11.9 Å². The van der Waals surface area contributed by atoms with Crippen molar-refractivity contribution >= 4 is 20.3 Å². The van der Waals surface area contributed by atoms with Crippen molar-refractivity contribution in [1.29, 1.82) is 0 Å². The van der Waals surface area contributed by atoms with Crippen LogP contribution in [0.25, 0.3) is 0 Å². The van der Waals surface area contributed by atoms with Crippen molar-refractivity contribution in [2.24, 2.45) is 0 Å². The van der Waals surface area contributed by atoms with Crippen LogP contribution >= 0.6 is 0 Å². The molecule has 1 heterocycles. The molecule has 6 heteroatoms. The van der Waals surface area contributed by atoms with Gasteiger partial charge in [-0.3, -0.25) is 4.79 Å². The standard InChI is InChI=1S/C16H26O5Si/c1-10-12-8-16(14(18)19-12,20-11(2)17)9-13(10)21-22(6,7)15(3,4)5/h12-13H,1,8-9H2,2-7H3/t12-,13-,16-/m1/s1. The van der Waals surface area contributed by atoms with Crippen molar-refractivity contribution in [3.05, 3.63) is 12.2 Å². The van der Waals surface area contributed by atoms with Crippen LogP contribution in [0, 0.1) is 0 Å². The summed E-state index contributed by atoms with van der Waals surface area (Å²) in [6, 6.07) is 0. The average molecular weight is 326 g/mol. The number of hydrogen-bond donors (Lipinski definition) is 0. The first-order chi connectivity index (χ1) is 9.88. The van der Waals surface area contributed by atoms with Crippen LogP contribution in [0.3, 0.4) is 0 Å². The molecule has 0 unspecified atom stereocenters. The summed E-state index contributed by atoms with van der Waals surface area (Å²) in [5.74, 6) is -0.952. The first-order valence-electron chi connectivity index (χ1n) is 7.65. The van der Waals surface area contributed by atoms with E-state index in [0.29, 0.717) is 12.8 Å². The molecule has 0 aromatic rings. The number of ether oxygens (including phenoxy) is 2. The second-order valence-electron chi connectivity index (χ2n) is 7.83. The fourth-order valence-electron chi connectivity index (χ4n) is 2.72. The van der Waals surface area contributed by atoms with Gasteiger partial charge < -0.3 is 13.9 Å². The molecule has 2 bridgehead atoms. The van der Waals surface area contributed by atoms with Crippen LogP contribution in [0.2, 0.25) is 18.1 Å². The zero-order valence-corrected chi connectivity index (χ0v) is 15.3. The second kappa shape index (κ2) is 5.20. The Hall–Kier alpha value is -1.14. The molecule has 1 aliphatic heterocycles. The Bertz CT molecular complexity index is 519. The predicted octanol–water partition coefficient (Wildman–Crippen LogP) is 2.95. The number of esters is 2. The Morgan fingerprint density at radius 3 is 2.45 bits per heavy atom. The van der Waals surface area contributed by atoms with Crippen LogP contribution in [0.15, 0.2) is 12.2 Å². The van der Waals surface area contributed by atoms with Gasteiger partial charge in [0.25, 0.3) is 0 Å². The Labute approximate surface area is 133 Å². The first kappa shape index (κ1) is 17.2. The molecule has 0 aromatic heterocycles. The minimum atomic E-state index is -2.03. The largest absolute Gasteiger partial charge is 0.455 e. The van der Waals surface area contributed by atoms with Gasteiger partial charge in [0.2, 0.25) is 5.60 Å². The summed E-state index contributed by atoms with van der Waals surface area (Å²) in [4.78, 5) is 23.6. The Kier molecular flexibility index (Phi) is 4.07. The summed E-state index contributed by atoms with van der Waals surface area (Å²) in [6.45, 7) is 16.1. The van der Waals surface area contributed by atoms with Crippen LogP contribution in [0.1, 0.15) is 40.5 Å². The van der Waals surface area contributed by atoms with Crippen molar-refractivity contribution in [2.45, 2.75) is 76.5 Å². The molecule has 1 saturated carbocycles. The van der Waals surface area contributed by atoms with E-state index >= 15 is 0 Å². The zero-order valence-electron chi connectivity index (χ0n) is 14.3. The van der Waals surface area contributed by atoms with Gasteiger partial charge in [0, 0.05) is 19.8 Å². The van der Waals surface area contributed by atoms with E-state index in [2.05, 4.69) is 40.4 Å². The molecule has 5 nitrogen and oxygen atoms in total. The lowest BCUT2D eigenvalue weighted by atomic mass is 9.81. The predicted molar refractivity (Wildman–Crippen MR) is 84.8 cm³/mol. The average Bonchev–Trinajstić information content (AvgIpc) is 2.57. The van der Waals surface area contributed by atoms with Gasteiger partial charge in [-0.25, -0.2) is 4.79 Å². The second-order valence-corrected chi connectivity index (χ2v) is 12.6. The van der Waals surface area contributed by atoms with Gasteiger partial charge in [-0.1, -0.05) is 27.4 Å². The summed E-state index contributed by atoms with van der Waals surface area (Å²) >= 11 is 0. The van der Waals surface area contributed by atoms with Crippen molar-refractivity contribution in [1.82, 2.24) is 0 Å². The summed E-state index contributed by atoms with van der Waals surface area (Å²) in [5, 5.41) is 0.0449. The van der Waals surface area contributed by atoms with Crippen LogP contribution in [-0.4, -0.2) is 38.1 Å². The zero-order chi connectivity index (χ0) is 16.9. The highest BCUT2D eigenvalue weighted by atomic mass is 28.4. The van der Waals surface area contributed by atoms with E-state index in [1.54, 1.807) is 0 Å². The van der Waals surface area contributed by atoms with Crippen LogP contribution < -0.4 is 0 Å².